The lowest BCUT2D eigenvalue weighted by atomic mass is 10.1. The molecule has 8 nitrogen and oxygen atoms in total. The SMILES string of the molecule is O=C(Nc1ccccc1C(=O)Nc1ccccn1)c1cc([N+](=O)[O-])ccc1Cl. The molecule has 1 aromatic heterocycles. The molecule has 2 aromatic carbocycles. The molecule has 0 bridgehead atoms. The van der Waals surface area contributed by atoms with E-state index >= 15 is 0 Å². The number of hydrogen-bond acceptors (Lipinski definition) is 5. The summed E-state index contributed by atoms with van der Waals surface area (Å²) in [6.45, 7) is 0. The molecule has 0 saturated carbocycles. The molecule has 28 heavy (non-hydrogen) atoms. The Bertz CT molecular complexity index is 1060. The van der Waals surface area contributed by atoms with E-state index in [-0.39, 0.29) is 27.5 Å². The van der Waals surface area contributed by atoms with Gasteiger partial charge in [0.1, 0.15) is 5.82 Å². The van der Waals surface area contributed by atoms with Crippen LogP contribution < -0.4 is 10.6 Å². The van der Waals surface area contributed by atoms with E-state index in [1.165, 1.54) is 30.5 Å². The number of nitrogens with zero attached hydrogens (tertiary/aromatic N) is 2. The fraction of sp³-hybridized carbons (Fsp3) is 0. The van der Waals surface area contributed by atoms with Crippen molar-refractivity contribution < 1.29 is 14.5 Å². The number of nitro benzene ring substituents is 1. The lowest BCUT2D eigenvalue weighted by Gasteiger charge is -2.12. The summed E-state index contributed by atoms with van der Waals surface area (Å²) in [5.74, 6) is -0.790. The fourth-order valence-electron chi connectivity index (χ4n) is 2.40. The first-order valence-electron chi connectivity index (χ1n) is 8.02. The average molecular weight is 397 g/mol. The van der Waals surface area contributed by atoms with Gasteiger partial charge < -0.3 is 10.6 Å². The zero-order valence-electron chi connectivity index (χ0n) is 14.3. The van der Waals surface area contributed by atoms with E-state index in [1.54, 1.807) is 30.3 Å². The molecule has 3 aromatic rings. The molecule has 2 amide bonds. The highest BCUT2D eigenvalue weighted by Crippen LogP contribution is 2.24. The van der Waals surface area contributed by atoms with Crippen molar-refractivity contribution in [2.24, 2.45) is 0 Å². The van der Waals surface area contributed by atoms with Gasteiger partial charge in [0.25, 0.3) is 17.5 Å². The quantitative estimate of drug-likeness (QED) is 0.496. The summed E-state index contributed by atoms with van der Waals surface area (Å²) in [4.78, 5) is 39.5. The number of pyridine rings is 1. The molecule has 0 fully saturated rings. The molecule has 0 radical (unpaired) electrons. The van der Waals surface area contributed by atoms with Gasteiger partial charge in [-0.25, -0.2) is 4.98 Å². The molecule has 0 spiro atoms. The van der Waals surface area contributed by atoms with Gasteiger partial charge in [0.15, 0.2) is 0 Å². The first-order chi connectivity index (χ1) is 13.5. The Balaban J connectivity index is 1.85. The topological polar surface area (TPSA) is 114 Å². The van der Waals surface area contributed by atoms with E-state index in [2.05, 4.69) is 15.6 Å². The van der Waals surface area contributed by atoms with Crippen molar-refractivity contribution in [3.63, 3.8) is 0 Å². The van der Waals surface area contributed by atoms with Crippen LogP contribution in [0.4, 0.5) is 17.2 Å². The number of carbonyl (C=O) groups is 2. The first kappa shape index (κ1) is 19.0. The predicted molar refractivity (Wildman–Crippen MR) is 105 cm³/mol. The number of halogens is 1. The third-order valence-corrected chi connectivity index (χ3v) is 4.06. The van der Waals surface area contributed by atoms with E-state index in [0.717, 1.165) is 6.07 Å². The van der Waals surface area contributed by atoms with Crippen LogP contribution in [0.3, 0.4) is 0 Å². The number of nitro groups is 1. The van der Waals surface area contributed by atoms with E-state index in [0.29, 0.717) is 5.82 Å². The smallest absolute Gasteiger partial charge is 0.270 e. The van der Waals surface area contributed by atoms with Gasteiger partial charge in [0.05, 0.1) is 26.8 Å². The number of aromatic nitrogens is 1. The lowest BCUT2D eigenvalue weighted by Crippen LogP contribution is -2.19. The molecule has 1 heterocycles. The number of carbonyl (C=O) groups excluding carboxylic acids is 2. The molecule has 0 aliphatic heterocycles. The van der Waals surface area contributed by atoms with Crippen LogP contribution in [-0.4, -0.2) is 21.7 Å². The van der Waals surface area contributed by atoms with Crippen LogP contribution in [0.5, 0.6) is 0 Å². The maximum atomic E-state index is 12.6. The molecule has 0 atom stereocenters. The highest BCUT2D eigenvalue weighted by molar-refractivity contribution is 6.34. The molecule has 140 valence electrons. The third-order valence-electron chi connectivity index (χ3n) is 3.73. The van der Waals surface area contributed by atoms with Crippen molar-refractivity contribution in [3.05, 3.63) is 93.1 Å². The number of para-hydroxylation sites is 1. The Morgan fingerprint density at radius 1 is 0.929 bits per heavy atom. The van der Waals surface area contributed by atoms with Crippen LogP contribution >= 0.6 is 11.6 Å². The Morgan fingerprint density at radius 2 is 1.64 bits per heavy atom. The molecule has 0 aliphatic rings. The van der Waals surface area contributed by atoms with Crippen LogP contribution in [0.1, 0.15) is 20.7 Å². The zero-order chi connectivity index (χ0) is 20.1. The Labute approximate surface area is 164 Å². The second-order valence-electron chi connectivity index (χ2n) is 5.59. The monoisotopic (exact) mass is 396 g/mol. The van der Waals surface area contributed by atoms with Crippen LogP contribution in [0, 0.1) is 10.1 Å². The summed E-state index contributed by atoms with van der Waals surface area (Å²) in [6.07, 6.45) is 1.54. The standard InChI is InChI=1S/C19H13ClN4O4/c20-15-9-8-12(24(27)28)11-14(15)19(26)22-16-6-2-1-5-13(16)18(25)23-17-7-3-4-10-21-17/h1-11H,(H,22,26)(H,21,23,25). The maximum absolute atomic E-state index is 12.6. The van der Waals surface area contributed by atoms with Crippen molar-refractivity contribution in [1.82, 2.24) is 4.98 Å². The molecular formula is C19H13ClN4O4. The Kier molecular flexibility index (Phi) is 5.61. The van der Waals surface area contributed by atoms with Crippen molar-refractivity contribution in [2.45, 2.75) is 0 Å². The van der Waals surface area contributed by atoms with E-state index in [9.17, 15) is 19.7 Å². The van der Waals surface area contributed by atoms with Gasteiger partial charge >= 0.3 is 0 Å². The third kappa shape index (κ3) is 4.30. The van der Waals surface area contributed by atoms with E-state index < -0.39 is 16.7 Å². The largest absolute Gasteiger partial charge is 0.321 e. The molecule has 9 heteroatoms. The average Bonchev–Trinajstić information content (AvgIpc) is 2.69. The number of anilines is 2. The number of rotatable bonds is 5. The van der Waals surface area contributed by atoms with Gasteiger partial charge in [-0.15, -0.1) is 0 Å². The van der Waals surface area contributed by atoms with Crippen molar-refractivity contribution in [2.75, 3.05) is 10.6 Å². The summed E-state index contributed by atoms with van der Waals surface area (Å²) in [6, 6.07) is 15.0. The minimum Gasteiger partial charge on any atom is -0.321 e. The number of hydrogen-bond donors (Lipinski definition) is 2. The molecule has 0 aliphatic carbocycles. The van der Waals surface area contributed by atoms with Crippen molar-refractivity contribution in [3.8, 4) is 0 Å². The predicted octanol–water partition coefficient (Wildman–Crippen LogP) is 4.15. The molecule has 3 rings (SSSR count). The normalized spacial score (nSPS) is 10.2. The minimum atomic E-state index is -0.674. The minimum absolute atomic E-state index is 0.0542. The molecule has 0 saturated heterocycles. The van der Waals surface area contributed by atoms with Gasteiger partial charge in [-0.2, -0.15) is 0 Å². The lowest BCUT2D eigenvalue weighted by molar-refractivity contribution is -0.384. The van der Waals surface area contributed by atoms with E-state index in [1.807, 2.05) is 0 Å². The molecular weight excluding hydrogens is 384 g/mol. The maximum Gasteiger partial charge on any atom is 0.270 e. The fourth-order valence-corrected chi connectivity index (χ4v) is 2.60. The number of non-ortho nitro benzene ring substituents is 1. The van der Waals surface area contributed by atoms with Crippen LogP contribution in [0.15, 0.2) is 66.9 Å². The Hall–Kier alpha value is -3.78. The van der Waals surface area contributed by atoms with Gasteiger partial charge in [-0.1, -0.05) is 29.8 Å². The van der Waals surface area contributed by atoms with Crippen molar-refractivity contribution >= 4 is 40.6 Å². The van der Waals surface area contributed by atoms with Crippen LogP contribution in [0.2, 0.25) is 5.02 Å². The Morgan fingerprint density at radius 3 is 2.36 bits per heavy atom. The number of nitrogens with one attached hydrogen (secondary N) is 2. The van der Waals surface area contributed by atoms with Gasteiger partial charge in [-0.05, 0) is 30.3 Å². The van der Waals surface area contributed by atoms with Crippen LogP contribution in [-0.2, 0) is 0 Å². The highest BCUT2D eigenvalue weighted by atomic mass is 35.5. The highest BCUT2D eigenvalue weighted by Gasteiger charge is 2.19. The van der Waals surface area contributed by atoms with Gasteiger partial charge in [0, 0.05) is 18.3 Å². The summed E-state index contributed by atoms with van der Waals surface area (Å²) < 4.78 is 0. The van der Waals surface area contributed by atoms with Crippen molar-refractivity contribution in [1.29, 1.82) is 0 Å². The zero-order valence-corrected chi connectivity index (χ0v) is 15.0. The summed E-state index contributed by atoms with van der Waals surface area (Å²) in [5, 5.41) is 16.2. The van der Waals surface area contributed by atoms with E-state index in [4.69, 9.17) is 11.6 Å². The molecule has 0 unspecified atom stereocenters. The second kappa shape index (κ2) is 8.28. The van der Waals surface area contributed by atoms with Crippen LogP contribution in [0.25, 0.3) is 0 Å². The van der Waals surface area contributed by atoms with Gasteiger partial charge in [0.2, 0.25) is 0 Å². The summed E-state index contributed by atoms with van der Waals surface area (Å²) in [5.41, 5.74) is 0.0816. The van der Waals surface area contributed by atoms with Gasteiger partial charge in [-0.3, -0.25) is 19.7 Å². The molecule has 2 N–H and O–H groups in total. The number of amides is 2. The first-order valence-corrected chi connectivity index (χ1v) is 8.40. The summed E-state index contributed by atoms with van der Waals surface area (Å²) >= 11 is 6.00. The second-order valence-corrected chi connectivity index (χ2v) is 6.00. The summed E-state index contributed by atoms with van der Waals surface area (Å²) in [7, 11) is 0. The number of benzene rings is 2.